The first-order chi connectivity index (χ1) is 12.5. The third-order valence-electron chi connectivity index (χ3n) is 4.93. The van der Waals surface area contributed by atoms with Crippen LogP contribution in [0.1, 0.15) is 16.7 Å². The van der Waals surface area contributed by atoms with Crippen molar-refractivity contribution in [1.82, 2.24) is 10.2 Å². The molecule has 1 saturated heterocycles. The molecule has 2 amide bonds. The van der Waals surface area contributed by atoms with Gasteiger partial charge in [-0.05, 0) is 49.1 Å². The van der Waals surface area contributed by atoms with Crippen LogP contribution in [-0.4, -0.2) is 43.7 Å². The highest BCUT2D eigenvalue weighted by Crippen LogP contribution is 2.25. The first kappa shape index (κ1) is 18.2. The number of para-hydroxylation sites is 1. The van der Waals surface area contributed by atoms with Gasteiger partial charge >= 0.3 is 6.03 Å². The zero-order valence-electron chi connectivity index (χ0n) is 15.5. The van der Waals surface area contributed by atoms with Crippen LogP contribution in [0.15, 0.2) is 42.5 Å². The number of carbonyl (C=O) groups is 1. The molecule has 0 unspecified atom stereocenters. The van der Waals surface area contributed by atoms with Gasteiger partial charge in [0.15, 0.2) is 0 Å². The molecule has 0 spiro atoms. The lowest BCUT2D eigenvalue weighted by Gasteiger charge is -2.37. The van der Waals surface area contributed by atoms with Crippen LogP contribution in [0.2, 0.25) is 0 Å². The van der Waals surface area contributed by atoms with Crippen molar-refractivity contribution < 1.29 is 9.18 Å². The predicted octanol–water partition coefficient (Wildman–Crippen LogP) is 3.52. The summed E-state index contributed by atoms with van der Waals surface area (Å²) in [6.45, 7) is 7.95. The monoisotopic (exact) mass is 355 g/mol. The minimum absolute atomic E-state index is 0.0201. The van der Waals surface area contributed by atoms with E-state index in [-0.39, 0.29) is 11.8 Å². The van der Waals surface area contributed by atoms with Crippen LogP contribution in [0.3, 0.4) is 0 Å². The van der Waals surface area contributed by atoms with Gasteiger partial charge in [-0.2, -0.15) is 0 Å². The van der Waals surface area contributed by atoms with Gasteiger partial charge in [0.25, 0.3) is 0 Å². The molecule has 1 aliphatic rings. The van der Waals surface area contributed by atoms with E-state index in [1.807, 2.05) is 4.90 Å². The highest BCUT2D eigenvalue weighted by atomic mass is 19.1. The van der Waals surface area contributed by atoms with Gasteiger partial charge in [0.2, 0.25) is 0 Å². The molecule has 2 aromatic carbocycles. The maximum absolute atomic E-state index is 12.9. The zero-order chi connectivity index (χ0) is 18.5. The molecular formula is C21H26FN3O. The molecule has 1 fully saturated rings. The second-order valence-electron chi connectivity index (χ2n) is 6.82. The molecule has 1 heterocycles. The van der Waals surface area contributed by atoms with Crippen molar-refractivity contribution in [3.8, 4) is 0 Å². The van der Waals surface area contributed by atoms with Crippen LogP contribution in [0.5, 0.6) is 0 Å². The number of nitrogens with one attached hydrogen (secondary N) is 1. The van der Waals surface area contributed by atoms with Crippen molar-refractivity contribution >= 4 is 11.7 Å². The summed E-state index contributed by atoms with van der Waals surface area (Å²) < 4.78 is 12.9. The summed E-state index contributed by atoms with van der Waals surface area (Å²) in [6.07, 6.45) is 0.703. The Balaban J connectivity index is 1.47. The summed E-state index contributed by atoms with van der Waals surface area (Å²) in [5.41, 5.74) is 4.87. The standard InChI is InChI=1S/C21H26FN3O/c1-16-4-3-5-17(2)20(16)24-12-14-25(15-13-24)21(26)23-11-10-18-6-8-19(22)9-7-18/h3-9H,10-15H2,1-2H3,(H,23,26). The molecule has 0 saturated carbocycles. The van der Waals surface area contributed by atoms with Crippen molar-refractivity contribution in [2.75, 3.05) is 37.6 Å². The van der Waals surface area contributed by atoms with Gasteiger partial charge in [-0.15, -0.1) is 0 Å². The first-order valence-electron chi connectivity index (χ1n) is 9.13. The van der Waals surface area contributed by atoms with E-state index in [0.717, 1.165) is 31.7 Å². The van der Waals surface area contributed by atoms with Crippen LogP contribution in [0, 0.1) is 19.7 Å². The Bertz CT molecular complexity index is 732. The molecule has 0 aromatic heterocycles. The molecule has 5 heteroatoms. The van der Waals surface area contributed by atoms with Crippen molar-refractivity contribution in [2.45, 2.75) is 20.3 Å². The predicted molar refractivity (Wildman–Crippen MR) is 103 cm³/mol. The molecule has 0 atom stereocenters. The number of hydrogen-bond acceptors (Lipinski definition) is 2. The van der Waals surface area contributed by atoms with Crippen LogP contribution in [0.25, 0.3) is 0 Å². The Morgan fingerprint density at radius 1 is 1.00 bits per heavy atom. The maximum Gasteiger partial charge on any atom is 0.317 e. The average Bonchev–Trinajstić information content (AvgIpc) is 2.64. The quantitative estimate of drug-likeness (QED) is 0.911. The Labute approximate surface area is 154 Å². The smallest absolute Gasteiger partial charge is 0.317 e. The van der Waals surface area contributed by atoms with E-state index in [9.17, 15) is 9.18 Å². The molecule has 138 valence electrons. The Morgan fingerprint density at radius 2 is 1.62 bits per heavy atom. The molecule has 2 aromatic rings. The van der Waals surface area contributed by atoms with Gasteiger partial charge in [0.1, 0.15) is 5.82 Å². The summed E-state index contributed by atoms with van der Waals surface area (Å²) in [7, 11) is 0. The molecule has 3 rings (SSSR count). The molecule has 0 radical (unpaired) electrons. The summed E-state index contributed by atoms with van der Waals surface area (Å²) in [6, 6.07) is 12.7. The van der Waals surface area contributed by atoms with E-state index in [2.05, 4.69) is 42.3 Å². The second-order valence-corrected chi connectivity index (χ2v) is 6.82. The molecule has 26 heavy (non-hydrogen) atoms. The van der Waals surface area contributed by atoms with E-state index in [0.29, 0.717) is 13.0 Å². The number of nitrogens with zero attached hydrogens (tertiary/aromatic N) is 2. The molecule has 1 aliphatic heterocycles. The van der Waals surface area contributed by atoms with Gasteiger partial charge < -0.3 is 15.1 Å². The first-order valence-corrected chi connectivity index (χ1v) is 9.13. The topological polar surface area (TPSA) is 35.6 Å². The van der Waals surface area contributed by atoms with Crippen molar-refractivity contribution in [2.24, 2.45) is 0 Å². The minimum atomic E-state index is -0.237. The number of anilines is 1. The molecule has 1 N–H and O–H groups in total. The Kier molecular flexibility index (Phi) is 5.76. The summed E-state index contributed by atoms with van der Waals surface area (Å²) in [4.78, 5) is 16.6. The molecule has 0 aliphatic carbocycles. The van der Waals surface area contributed by atoms with E-state index < -0.39 is 0 Å². The Hall–Kier alpha value is -2.56. The second kappa shape index (κ2) is 8.21. The number of benzene rings is 2. The number of aryl methyl sites for hydroxylation is 2. The average molecular weight is 355 g/mol. The lowest BCUT2D eigenvalue weighted by atomic mass is 10.1. The number of urea groups is 1. The maximum atomic E-state index is 12.9. The van der Waals surface area contributed by atoms with Crippen molar-refractivity contribution in [3.63, 3.8) is 0 Å². The lowest BCUT2D eigenvalue weighted by molar-refractivity contribution is 0.194. The number of amides is 2. The molecule has 4 nitrogen and oxygen atoms in total. The minimum Gasteiger partial charge on any atom is -0.368 e. The van der Waals surface area contributed by atoms with Crippen molar-refractivity contribution in [3.05, 3.63) is 65.0 Å². The normalized spacial score (nSPS) is 14.4. The Morgan fingerprint density at radius 3 is 2.23 bits per heavy atom. The van der Waals surface area contributed by atoms with Crippen LogP contribution < -0.4 is 10.2 Å². The third-order valence-corrected chi connectivity index (χ3v) is 4.93. The summed E-state index contributed by atoms with van der Waals surface area (Å²) in [5, 5.41) is 2.97. The number of piperazine rings is 1. The van der Waals surface area contributed by atoms with Crippen LogP contribution >= 0.6 is 0 Å². The van der Waals surface area contributed by atoms with E-state index in [1.165, 1.54) is 28.9 Å². The highest BCUT2D eigenvalue weighted by Gasteiger charge is 2.22. The fourth-order valence-electron chi connectivity index (χ4n) is 3.51. The van der Waals surface area contributed by atoms with Crippen molar-refractivity contribution in [1.29, 1.82) is 0 Å². The number of rotatable bonds is 4. The largest absolute Gasteiger partial charge is 0.368 e. The fraction of sp³-hybridized carbons (Fsp3) is 0.381. The van der Waals surface area contributed by atoms with Gasteiger partial charge in [-0.25, -0.2) is 9.18 Å². The SMILES string of the molecule is Cc1cccc(C)c1N1CCN(C(=O)NCCc2ccc(F)cc2)CC1. The number of carbonyl (C=O) groups excluding carboxylic acids is 1. The van der Waals surface area contributed by atoms with Gasteiger partial charge in [0.05, 0.1) is 0 Å². The van der Waals surface area contributed by atoms with E-state index in [4.69, 9.17) is 0 Å². The zero-order valence-corrected chi connectivity index (χ0v) is 15.5. The molecule has 0 bridgehead atoms. The van der Waals surface area contributed by atoms with Crippen LogP contribution in [0.4, 0.5) is 14.9 Å². The number of halogens is 1. The summed E-state index contributed by atoms with van der Waals surface area (Å²) >= 11 is 0. The lowest BCUT2D eigenvalue weighted by Crippen LogP contribution is -2.52. The van der Waals surface area contributed by atoms with Gasteiger partial charge in [-0.3, -0.25) is 0 Å². The molecular weight excluding hydrogens is 329 g/mol. The van der Waals surface area contributed by atoms with E-state index in [1.54, 1.807) is 12.1 Å². The van der Waals surface area contributed by atoms with Gasteiger partial charge in [-0.1, -0.05) is 30.3 Å². The van der Waals surface area contributed by atoms with Crippen LogP contribution in [-0.2, 0) is 6.42 Å². The van der Waals surface area contributed by atoms with E-state index >= 15 is 0 Å². The third kappa shape index (κ3) is 4.34. The fourth-order valence-corrected chi connectivity index (χ4v) is 3.51. The summed E-state index contributed by atoms with van der Waals surface area (Å²) in [5.74, 6) is -0.237. The van der Waals surface area contributed by atoms with Gasteiger partial charge in [0, 0.05) is 38.4 Å². The highest BCUT2D eigenvalue weighted by molar-refractivity contribution is 5.74. The number of hydrogen-bond donors (Lipinski definition) is 1.